The lowest BCUT2D eigenvalue weighted by atomic mass is 9.86. The average Bonchev–Trinajstić information content (AvgIpc) is 3.19. The van der Waals surface area contributed by atoms with E-state index in [9.17, 15) is 5.26 Å². The van der Waals surface area contributed by atoms with Crippen LogP contribution in [0.2, 0.25) is 0 Å². The zero-order valence-electron chi connectivity index (χ0n) is 27.4. The molecule has 0 unspecified atom stereocenters. The van der Waals surface area contributed by atoms with Crippen LogP contribution in [-0.2, 0) is 0 Å². The number of nitrogens with zero attached hydrogens (tertiary/aromatic N) is 1. The molecule has 0 N–H and O–H groups in total. The quantitative estimate of drug-likeness (QED) is 0.179. The summed E-state index contributed by atoms with van der Waals surface area (Å²) >= 11 is 0. The number of rotatable bonds is 3. The maximum absolute atomic E-state index is 9.43. The highest BCUT2D eigenvalue weighted by Crippen LogP contribution is 2.49. The van der Waals surface area contributed by atoms with Gasteiger partial charge in [-0.25, -0.2) is 0 Å². The van der Waals surface area contributed by atoms with Crippen molar-refractivity contribution in [3.8, 4) is 62.1 Å². The van der Waals surface area contributed by atoms with E-state index >= 15 is 0 Å². The van der Waals surface area contributed by atoms with Gasteiger partial charge in [0.05, 0.1) is 11.6 Å². The van der Waals surface area contributed by atoms with Crippen molar-refractivity contribution < 1.29 is 4.74 Å². The van der Waals surface area contributed by atoms with Crippen molar-refractivity contribution in [3.05, 3.63) is 169 Å². The molecule has 0 spiro atoms. The van der Waals surface area contributed by atoms with Crippen molar-refractivity contribution in [2.45, 2.75) is 0 Å². The van der Waals surface area contributed by atoms with Crippen molar-refractivity contribution in [3.63, 3.8) is 0 Å². The summed E-state index contributed by atoms with van der Waals surface area (Å²) < 4.78 is 6.35. The van der Waals surface area contributed by atoms with E-state index in [4.69, 9.17) is 4.74 Å². The zero-order valence-corrected chi connectivity index (χ0v) is 27.4. The molecular formula is C49H27NO. The molecule has 0 radical (unpaired) electrons. The van der Waals surface area contributed by atoms with E-state index in [0.717, 1.165) is 39.0 Å². The van der Waals surface area contributed by atoms with Gasteiger partial charge >= 0.3 is 0 Å². The minimum atomic E-state index is 0.594. The second-order valence-electron chi connectivity index (χ2n) is 13.6. The SMILES string of the molecule is N#Cc1ccc2c(c1)Oc1ccc(-c3ccc(-c4ccc5ccc6c(-c7ccc8ccccc8c7)ccc7ccc4c5c76)cc3)c3cccc-2c13. The van der Waals surface area contributed by atoms with E-state index in [0.29, 0.717) is 5.56 Å². The molecule has 1 heterocycles. The molecule has 0 saturated carbocycles. The van der Waals surface area contributed by atoms with Gasteiger partial charge in [-0.05, 0) is 118 Å². The minimum Gasteiger partial charge on any atom is -0.456 e. The molecule has 0 amide bonds. The van der Waals surface area contributed by atoms with E-state index in [1.165, 1.54) is 70.9 Å². The fourth-order valence-corrected chi connectivity index (χ4v) is 8.44. The average molecular weight is 646 g/mol. The Morgan fingerprint density at radius 2 is 0.922 bits per heavy atom. The van der Waals surface area contributed by atoms with Crippen LogP contribution in [0.4, 0.5) is 0 Å². The number of ether oxygens (including phenoxy) is 1. The molecule has 0 aromatic heterocycles. The van der Waals surface area contributed by atoms with Crippen LogP contribution in [0.15, 0.2) is 164 Å². The fraction of sp³-hybridized carbons (Fsp3) is 0. The van der Waals surface area contributed by atoms with Crippen molar-refractivity contribution in [1.82, 2.24) is 0 Å². The summed E-state index contributed by atoms with van der Waals surface area (Å²) in [5.74, 6) is 1.55. The fourth-order valence-electron chi connectivity index (χ4n) is 8.44. The molecule has 10 aromatic carbocycles. The maximum atomic E-state index is 9.43. The lowest BCUT2D eigenvalue weighted by molar-refractivity contribution is 0.487. The molecule has 0 saturated heterocycles. The van der Waals surface area contributed by atoms with Gasteiger partial charge in [0.2, 0.25) is 0 Å². The Hall–Kier alpha value is -6.95. The molecule has 1 aliphatic rings. The second-order valence-corrected chi connectivity index (χ2v) is 13.6. The monoisotopic (exact) mass is 645 g/mol. The van der Waals surface area contributed by atoms with Gasteiger partial charge in [0.1, 0.15) is 11.5 Å². The summed E-state index contributed by atoms with van der Waals surface area (Å²) in [7, 11) is 0. The van der Waals surface area contributed by atoms with Crippen LogP contribution in [0.25, 0.3) is 98.4 Å². The lowest BCUT2D eigenvalue weighted by Crippen LogP contribution is -1.98. The largest absolute Gasteiger partial charge is 0.456 e. The molecule has 2 nitrogen and oxygen atoms in total. The zero-order chi connectivity index (χ0) is 33.6. The predicted octanol–water partition coefficient (Wildman–Crippen LogP) is 13.5. The number of benzene rings is 10. The van der Waals surface area contributed by atoms with Crippen molar-refractivity contribution in [1.29, 1.82) is 5.26 Å². The lowest BCUT2D eigenvalue weighted by Gasteiger charge is -2.22. The molecule has 0 aliphatic carbocycles. The highest BCUT2D eigenvalue weighted by molar-refractivity contribution is 6.27. The molecule has 2 heteroatoms. The summed E-state index contributed by atoms with van der Waals surface area (Å²) in [4.78, 5) is 0. The van der Waals surface area contributed by atoms with Crippen molar-refractivity contribution in [2.75, 3.05) is 0 Å². The van der Waals surface area contributed by atoms with Gasteiger partial charge in [-0.2, -0.15) is 5.26 Å². The molecule has 1 aliphatic heterocycles. The van der Waals surface area contributed by atoms with Gasteiger partial charge in [-0.3, -0.25) is 0 Å². The topological polar surface area (TPSA) is 33.0 Å². The first-order chi connectivity index (χ1) is 25.2. The highest BCUT2D eigenvalue weighted by Gasteiger charge is 2.22. The molecule has 0 bridgehead atoms. The number of hydrogen-bond acceptors (Lipinski definition) is 2. The summed E-state index contributed by atoms with van der Waals surface area (Å²) in [5, 5.41) is 21.9. The van der Waals surface area contributed by atoms with Crippen LogP contribution in [0.3, 0.4) is 0 Å². The Morgan fingerprint density at radius 3 is 1.63 bits per heavy atom. The highest BCUT2D eigenvalue weighted by atomic mass is 16.5. The van der Waals surface area contributed by atoms with Crippen LogP contribution in [0.1, 0.15) is 5.56 Å². The Balaban J connectivity index is 1.03. The van der Waals surface area contributed by atoms with Gasteiger partial charge in [0.25, 0.3) is 0 Å². The molecular weight excluding hydrogens is 619 g/mol. The van der Waals surface area contributed by atoms with Crippen LogP contribution in [0, 0.1) is 11.3 Å². The molecule has 11 rings (SSSR count). The third-order valence-corrected chi connectivity index (χ3v) is 10.9. The summed E-state index contributed by atoms with van der Waals surface area (Å²) in [5.41, 5.74) is 9.99. The van der Waals surface area contributed by atoms with Crippen LogP contribution >= 0.6 is 0 Å². The smallest absolute Gasteiger partial charge is 0.136 e. The van der Waals surface area contributed by atoms with E-state index < -0.39 is 0 Å². The Morgan fingerprint density at radius 1 is 0.353 bits per heavy atom. The summed E-state index contributed by atoms with van der Waals surface area (Å²) in [6.45, 7) is 0. The standard InChI is InChI=1S/C49H27NO/c50-28-29-8-19-40-42-7-3-6-41-38(24-25-45(49(41)42)51-46(40)26-29)32-12-10-31(11-13-32)37-20-15-33-18-23-44-39(21-16-34-17-22-43(37)47(33)48(34)44)36-14-9-30-4-1-2-5-35(30)27-36/h1-27H. The van der Waals surface area contributed by atoms with E-state index in [2.05, 4.69) is 152 Å². The first-order valence-corrected chi connectivity index (χ1v) is 17.3. The van der Waals surface area contributed by atoms with Gasteiger partial charge in [-0.15, -0.1) is 0 Å². The maximum Gasteiger partial charge on any atom is 0.136 e. The van der Waals surface area contributed by atoms with Gasteiger partial charge in [0.15, 0.2) is 0 Å². The number of nitriles is 1. The normalized spacial score (nSPS) is 12.1. The molecule has 10 aromatic rings. The third-order valence-electron chi connectivity index (χ3n) is 10.9. The number of fused-ring (bicyclic) bond motifs is 3. The third kappa shape index (κ3) is 4.10. The molecule has 51 heavy (non-hydrogen) atoms. The van der Waals surface area contributed by atoms with Gasteiger partial charge < -0.3 is 4.74 Å². The van der Waals surface area contributed by atoms with Crippen LogP contribution in [-0.4, -0.2) is 0 Å². The van der Waals surface area contributed by atoms with E-state index in [1.807, 2.05) is 18.2 Å². The van der Waals surface area contributed by atoms with Crippen molar-refractivity contribution >= 4 is 53.9 Å². The van der Waals surface area contributed by atoms with E-state index in [1.54, 1.807) is 0 Å². The van der Waals surface area contributed by atoms with Crippen molar-refractivity contribution in [2.24, 2.45) is 0 Å². The predicted molar refractivity (Wildman–Crippen MR) is 212 cm³/mol. The van der Waals surface area contributed by atoms with Crippen LogP contribution in [0.5, 0.6) is 11.5 Å². The van der Waals surface area contributed by atoms with Crippen LogP contribution < -0.4 is 4.74 Å². The number of hydrogen-bond donors (Lipinski definition) is 0. The molecule has 0 fully saturated rings. The molecule has 234 valence electrons. The first kappa shape index (κ1) is 27.9. The first-order valence-electron chi connectivity index (χ1n) is 17.3. The van der Waals surface area contributed by atoms with E-state index in [-0.39, 0.29) is 0 Å². The summed E-state index contributed by atoms with van der Waals surface area (Å²) in [6.07, 6.45) is 0. The second kappa shape index (κ2) is 10.5. The Labute approximate surface area is 294 Å². The van der Waals surface area contributed by atoms with Gasteiger partial charge in [-0.1, -0.05) is 133 Å². The van der Waals surface area contributed by atoms with Gasteiger partial charge in [0, 0.05) is 10.9 Å². The minimum absolute atomic E-state index is 0.594. The Bertz CT molecular complexity index is 3110. The molecule has 0 atom stereocenters. The summed E-state index contributed by atoms with van der Waals surface area (Å²) in [6, 6.07) is 61.2. The Kier molecular flexibility index (Phi) is 5.77.